The highest BCUT2D eigenvalue weighted by Gasteiger charge is 2.36. The number of amides is 1. The molecule has 7 heteroatoms. The molecule has 4 heterocycles. The fourth-order valence-electron chi connectivity index (χ4n) is 3.90. The van der Waals surface area contributed by atoms with Crippen LogP contribution in [0.4, 0.5) is 0 Å². The van der Waals surface area contributed by atoms with Gasteiger partial charge in [-0.2, -0.15) is 0 Å². The summed E-state index contributed by atoms with van der Waals surface area (Å²) in [6.07, 6.45) is 3.80. The fraction of sp³-hybridized carbons (Fsp3) is 0.444. The predicted octanol–water partition coefficient (Wildman–Crippen LogP) is 1.99. The maximum atomic E-state index is 12.6. The number of ketones is 1. The number of aromatic nitrogens is 1. The number of carbonyl (C=O) groups is 2. The molecule has 2 N–H and O–H groups in total. The molecular weight excluding hydrogens is 342 g/mol. The van der Waals surface area contributed by atoms with Gasteiger partial charge in [-0.05, 0) is 50.0 Å². The van der Waals surface area contributed by atoms with Gasteiger partial charge in [0.25, 0.3) is 11.7 Å². The van der Waals surface area contributed by atoms with Gasteiger partial charge >= 0.3 is 0 Å². The van der Waals surface area contributed by atoms with Gasteiger partial charge in [0, 0.05) is 29.7 Å². The van der Waals surface area contributed by atoms with Crippen molar-refractivity contribution in [2.75, 3.05) is 26.7 Å². The van der Waals surface area contributed by atoms with E-state index in [0.717, 1.165) is 38.0 Å². The van der Waals surface area contributed by atoms with Crippen LogP contribution in [0.3, 0.4) is 0 Å². The van der Waals surface area contributed by atoms with Crippen LogP contribution in [0.2, 0.25) is 0 Å². The molecule has 25 heavy (non-hydrogen) atoms. The number of aromatic amines is 1. The molecule has 2 bridgehead atoms. The SMILES string of the molecule is COc1ccc2[nH]cc(C(=O)C(=O)N[C@@H]3CN4CCC3CC4)c2c1.Cl. The van der Waals surface area contributed by atoms with E-state index in [1.54, 1.807) is 19.4 Å². The number of H-pyrrole nitrogens is 1. The lowest BCUT2D eigenvalue weighted by Gasteiger charge is -2.44. The molecule has 0 saturated carbocycles. The van der Waals surface area contributed by atoms with E-state index in [-0.39, 0.29) is 18.4 Å². The minimum Gasteiger partial charge on any atom is -0.497 e. The van der Waals surface area contributed by atoms with Crippen molar-refractivity contribution >= 4 is 35.0 Å². The standard InChI is InChI=1S/C18H21N3O3.ClH/c1-24-12-2-3-15-13(8-12)14(9-19-15)17(22)18(23)20-16-10-21-6-4-11(16)5-7-21;/h2-3,8-9,11,16,19H,4-7,10H2,1H3,(H,20,23);1H/t16-;/m1./s1. The number of nitrogens with one attached hydrogen (secondary N) is 2. The first-order valence-corrected chi connectivity index (χ1v) is 8.38. The van der Waals surface area contributed by atoms with Crippen LogP contribution in [-0.2, 0) is 4.79 Å². The smallest absolute Gasteiger partial charge is 0.292 e. The lowest BCUT2D eigenvalue weighted by Crippen LogP contribution is -2.58. The molecule has 5 rings (SSSR count). The summed E-state index contributed by atoms with van der Waals surface area (Å²) in [6.45, 7) is 3.06. The lowest BCUT2D eigenvalue weighted by atomic mass is 9.84. The first-order chi connectivity index (χ1) is 11.7. The van der Waals surface area contributed by atoms with E-state index in [9.17, 15) is 9.59 Å². The monoisotopic (exact) mass is 363 g/mol. The minimum atomic E-state index is -0.516. The Morgan fingerprint density at radius 2 is 2.04 bits per heavy atom. The molecule has 1 aromatic carbocycles. The van der Waals surface area contributed by atoms with Crippen molar-refractivity contribution in [3.8, 4) is 5.75 Å². The average molecular weight is 364 g/mol. The van der Waals surface area contributed by atoms with E-state index in [1.165, 1.54) is 0 Å². The van der Waals surface area contributed by atoms with Crippen LogP contribution in [0, 0.1) is 5.92 Å². The van der Waals surface area contributed by atoms with E-state index in [0.29, 0.717) is 22.6 Å². The van der Waals surface area contributed by atoms with Gasteiger partial charge in [-0.25, -0.2) is 0 Å². The quantitative estimate of drug-likeness (QED) is 0.643. The summed E-state index contributed by atoms with van der Waals surface area (Å²) in [5.74, 6) is 0.146. The number of carbonyl (C=O) groups excluding carboxylic acids is 2. The van der Waals surface area contributed by atoms with Gasteiger partial charge in [-0.15, -0.1) is 12.4 Å². The molecule has 3 saturated heterocycles. The van der Waals surface area contributed by atoms with Gasteiger partial charge in [0.2, 0.25) is 0 Å². The van der Waals surface area contributed by atoms with Crippen LogP contribution < -0.4 is 10.1 Å². The molecule has 3 aliphatic heterocycles. The van der Waals surface area contributed by atoms with Gasteiger partial charge in [0.05, 0.1) is 12.7 Å². The Labute approximate surface area is 152 Å². The topological polar surface area (TPSA) is 74.4 Å². The molecule has 0 radical (unpaired) electrons. The zero-order chi connectivity index (χ0) is 16.7. The zero-order valence-electron chi connectivity index (χ0n) is 14.1. The first-order valence-electron chi connectivity index (χ1n) is 8.38. The highest BCUT2D eigenvalue weighted by atomic mass is 35.5. The number of piperidine rings is 3. The zero-order valence-corrected chi connectivity index (χ0v) is 14.9. The van der Waals surface area contributed by atoms with Crippen LogP contribution >= 0.6 is 12.4 Å². The number of hydrogen-bond donors (Lipinski definition) is 2. The molecule has 1 aromatic heterocycles. The molecule has 134 valence electrons. The summed E-state index contributed by atoms with van der Waals surface area (Å²) in [4.78, 5) is 30.5. The van der Waals surface area contributed by atoms with Crippen molar-refractivity contribution in [2.24, 2.45) is 5.92 Å². The van der Waals surface area contributed by atoms with E-state index in [4.69, 9.17) is 4.74 Å². The van der Waals surface area contributed by atoms with Gasteiger partial charge in [-0.1, -0.05) is 0 Å². The maximum absolute atomic E-state index is 12.6. The Morgan fingerprint density at radius 3 is 2.68 bits per heavy atom. The van der Waals surface area contributed by atoms with Gasteiger partial charge in [0.15, 0.2) is 0 Å². The van der Waals surface area contributed by atoms with Crippen molar-refractivity contribution in [3.63, 3.8) is 0 Å². The number of hydrogen-bond acceptors (Lipinski definition) is 4. The second-order valence-electron chi connectivity index (χ2n) is 6.66. The Kier molecular flexibility index (Phi) is 5.01. The summed E-state index contributed by atoms with van der Waals surface area (Å²) in [5.41, 5.74) is 1.21. The molecule has 6 nitrogen and oxygen atoms in total. The van der Waals surface area contributed by atoms with Crippen molar-refractivity contribution in [3.05, 3.63) is 30.0 Å². The van der Waals surface area contributed by atoms with Crippen LogP contribution in [0.25, 0.3) is 10.9 Å². The van der Waals surface area contributed by atoms with E-state index < -0.39 is 11.7 Å². The Morgan fingerprint density at radius 1 is 1.28 bits per heavy atom. The van der Waals surface area contributed by atoms with Crippen molar-refractivity contribution in [1.82, 2.24) is 15.2 Å². The molecule has 3 aliphatic rings. The Bertz CT molecular complexity index is 796. The molecule has 0 aliphatic carbocycles. The summed E-state index contributed by atoms with van der Waals surface area (Å²) in [6, 6.07) is 5.53. The lowest BCUT2D eigenvalue weighted by molar-refractivity contribution is -0.119. The number of nitrogens with zero attached hydrogens (tertiary/aromatic N) is 1. The molecule has 0 spiro atoms. The maximum Gasteiger partial charge on any atom is 0.292 e. The third-order valence-corrected chi connectivity index (χ3v) is 5.31. The van der Waals surface area contributed by atoms with E-state index >= 15 is 0 Å². The average Bonchev–Trinajstić information content (AvgIpc) is 3.05. The molecule has 0 unspecified atom stereocenters. The normalized spacial score (nSPS) is 24.6. The van der Waals surface area contributed by atoms with Crippen LogP contribution in [-0.4, -0.2) is 54.4 Å². The highest BCUT2D eigenvalue weighted by molar-refractivity contribution is 6.45. The van der Waals surface area contributed by atoms with E-state index in [1.807, 2.05) is 12.1 Å². The van der Waals surface area contributed by atoms with Crippen LogP contribution in [0.15, 0.2) is 24.4 Å². The number of rotatable bonds is 4. The summed E-state index contributed by atoms with van der Waals surface area (Å²) >= 11 is 0. The minimum absolute atomic E-state index is 0. The number of fused-ring (bicyclic) bond motifs is 4. The summed E-state index contributed by atoms with van der Waals surface area (Å²) in [7, 11) is 1.58. The molecule has 1 amide bonds. The van der Waals surface area contributed by atoms with Crippen molar-refractivity contribution in [2.45, 2.75) is 18.9 Å². The summed E-state index contributed by atoms with van der Waals surface area (Å²) in [5, 5.41) is 3.67. The van der Waals surface area contributed by atoms with Gasteiger partial charge in [-0.3, -0.25) is 9.59 Å². The number of ether oxygens (including phenoxy) is 1. The Balaban J connectivity index is 0.00000182. The first kappa shape index (κ1) is 17.8. The van der Waals surface area contributed by atoms with Gasteiger partial charge in [0.1, 0.15) is 5.75 Å². The third kappa shape index (κ3) is 3.24. The van der Waals surface area contributed by atoms with Crippen molar-refractivity contribution in [1.29, 1.82) is 0 Å². The largest absolute Gasteiger partial charge is 0.497 e. The number of halogens is 1. The van der Waals surface area contributed by atoms with E-state index in [2.05, 4.69) is 15.2 Å². The number of methoxy groups -OCH3 is 1. The third-order valence-electron chi connectivity index (χ3n) is 5.31. The molecule has 2 aromatic rings. The van der Waals surface area contributed by atoms with Crippen LogP contribution in [0.5, 0.6) is 5.75 Å². The Hall–Kier alpha value is -2.05. The summed E-state index contributed by atoms with van der Waals surface area (Å²) < 4.78 is 5.21. The second kappa shape index (κ2) is 7.06. The van der Waals surface area contributed by atoms with Crippen molar-refractivity contribution < 1.29 is 14.3 Å². The molecular formula is C18H22ClN3O3. The van der Waals surface area contributed by atoms with Gasteiger partial charge < -0.3 is 19.9 Å². The van der Waals surface area contributed by atoms with Crippen LogP contribution in [0.1, 0.15) is 23.2 Å². The second-order valence-corrected chi connectivity index (χ2v) is 6.66. The molecule has 1 atom stereocenters. The molecule has 3 fully saturated rings. The fourth-order valence-corrected chi connectivity index (χ4v) is 3.90. The number of benzene rings is 1. The predicted molar refractivity (Wildman–Crippen MR) is 97.5 cm³/mol. The number of Topliss-reactive ketones (excluding diaryl/α,β-unsaturated/α-hetero) is 1. The highest BCUT2D eigenvalue weighted by Crippen LogP contribution is 2.28.